The molecule has 0 N–H and O–H groups in total. The molecule has 2 aromatic carbocycles. The molecule has 6 heteroatoms. The first-order valence-corrected chi connectivity index (χ1v) is 8.41. The first-order chi connectivity index (χ1) is 10.4. The zero-order chi connectivity index (χ0) is 16.2. The summed E-state index contributed by atoms with van der Waals surface area (Å²) in [6.45, 7) is 1.21. The van der Waals surface area contributed by atoms with Crippen molar-refractivity contribution in [3.8, 4) is 0 Å². The van der Waals surface area contributed by atoms with Gasteiger partial charge >= 0.3 is 11.6 Å². The Morgan fingerprint density at radius 2 is 1.41 bits per heavy atom. The Bertz CT molecular complexity index is 644. The lowest BCUT2D eigenvalue weighted by atomic mass is 10.4. The van der Waals surface area contributed by atoms with Crippen molar-refractivity contribution in [2.24, 2.45) is 0 Å². The van der Waals surface area contributed by atoms with E-state index in [2.05, 4.69) is 4.74 Å². The Labute approximate surface area is 127 Å². The molecule has 0 unspecified atom stereocenters. The fourth-order valence-corrected chi connectivity index (χ4v) is 4.55. The molecule has 3 nitrogen and oxygen atoms in total. The van der Waals surface area contributed by atoms with E-state index in [0.29, 0.717) is 0 Å². The summed E-state index contributed by atoms with van der Waals surface area (Å²) < 4.78 is 47.1. The van der Waals surface area contributed by atoms with Gasteiger partial charge in [-0.05, 0) is 6.92 Å². The Morgan fingerprint density at radius 1 is 1.00 bits per heavy atom. The number of esters is 1. The summed E-state index contributed by atoms with van der Waals surface area (Å²) in [4.78, 5) is 11.7. The van der Waals surface area contributed by atoms with Gasteiger partial charge in [-0.25, -0.2) is 4.79 Å². The quantitative estimate of drug-likeness (QED) is 0.627. The van der Waals surface area contributed by atoms with Crippen LogP contribution in [-0.2, 0) is 14.1 Å². The van der Waals surface area contributed by atoms with Crippen LogP contribution in [0.25, 0.3) is 0 Å². The lowest BCUT2D eigenvalue weighted by Crippen LogP contribution is -2.38. The molecular weight excluding hydrogens is 309 g/mol. The van der Waals surface area contributed by atoms with Gasteiger partial charge in [-0.2, -0.15) is 8.78 Å². The molecule has 2 rings (SSSR count). The van der Waals surface area contributed by atoms with Crippen molar-refractivity contribution in [3.05, 3.63) is 60.7 Å². The summed E-state index contributed by atoms with van der Waals surface area (Å²) in [5, 5.41) is -0.168. The summed E-state index contributed by atoms with van der Waals surface area (Å²) >= 11 is 0. The standard InChI is InChI=1S/C16H15F2O3P/c1-2-21-15(19)16(17,18)22(20,13-9-5-3-6-10-13)14-11-7-4-8-12-14/h3-12H,2H2,1H3. The molecule has 0 spiro atoms. The monoisotopic (exact) mass is 324 g/mol. The van der Waals surface area contributed by atoms with Crippen LogP contribution in [0.4, 0.5) is 8.78 Å². The van der Waals surface area contributed by atoms with Crippen LogP contribution in [0.2, 0.25) is 0 Å². The van der Waals surface area contributed by atoms with Crippen LogP contribution in [0.1, 0.15) is 6.92 Å². The predicted octanol–water partition coefficient (Wildman–Crippen LogP) is 3.16. The van der Waals surface area contributed by atoms with E-state index < -0.39 is 18.8 Å². The fourth-order valence-electron chi connectivity index (χ4n) is 2.10. The summed E-state index contributed by atoms with van der Waals surface area (Å²) in [6, 6.07) is 14.6. The maximum atomic E-state index is 14.7. The molecule has 22 heavy (non-hydrogen) atoms. The Hall–Kier alpha value is -2.00. The molecule has 0 fully saturated rings. The minimum atomic E-state index is -4.52. The molecule has 0 aliphatic carbocycles. The third-order valence-corrected chi connectivity index (χ3v) is 6.18. The van der Waals surface area contributed by atoms with E-state index in [1.165, 1.54) is 55.5 Å². The number of halogens is 2. The van der Waals surface area contributed by atoms with E-state index in [1.54, 1.807) is 12.1 Å². The second-order valence-electron chi connectivity index (χ2n) is 4.54. The molecule has 116 valence electrons. The van der Waals surface area contributed by atoms with Gasteiger partial charge in [-0.1, -0.05) is 60.7 Å². The van der Waals surface area contributed by atoms with Crippen LogP contribution in [0.15, 0.2) is 60.7 Å². The highest BCUT2D eigenvalue weighted by molar-refractivity contribution is 7.80. The van der Waals surface area contributed by atoms with Crippen LogP contribution >= 0.6 is 7.14 Å². The van der Waals surface area contributed by atoms with Crippen molar-refractivity contribution in [2.45, 2.75) is 12.6 Å². The molecule has 0 saturated carbocycles. The first kappa shape index (κ1) is 16.4. The molecule has 2 aromatic rings. The van der Waals surface area contributed by atoms with Gasteiger partial charge in [0.15, 0.2) is 0 Å². The summed E-state index contributed by atoms with van der Waals surface area (Å²) in [6.07, 6.45) is 0. The lowest BCUT2D eigenvalue weighted by Gasteiger charge is -2.26. The number of ether oxygens (including phenoxy) is 1. The largest absolute Gasteiger partial charge is 0.461 e. The maximum absolute atomic E-state index is 14.7. The van der Waals surface area contributed by atoms with Crippen LogP contribution in [0.5, 0.6) is 0 Å². The second kappa shape index (κ2) is 6.41. The van der Waals surface area contributed by atoms with E-state index in [1.807, 2.05) is 0 Å². The van der Waals surface area contributed by atoms with Crippen LogP contribution in [0.3, 0.4) is 0 Å². The van der Waals surface area contributed by atoms with Gasteiger partial charge in [0.2, 0.25) is 7.14 Å². The molecule has 0 aliphatic heterocycles. The number of rotatable bonds is 5. The number of carbonyl (C=O) groups excluding carboxylic acids is 1. The van der Waals surface area contributed by atoms with E-state index in [4.69, 9.17) is 0 Å². The summed E-state index contributed by atoms with van der Waals surface area (Å²) in [5.41, 5.74) is -4.13. The smallest absolute Gasteiger partial charge is 0.399 e. The molecule has 0 saturated heterocycles. The van der Waals surface area contributed by atoms with Crippen molar-refractivity contribution < 1.29 is 22.9 Å². The Balaban J connectivity index is 2.67. The maximum Gasteiger partial charge on any atom is 0.399 e. The fraction of sp³-hybridized carbons (Fsp3) is 0.188. The van der Waals surface area contributed by atoms with Crippen molar-refractivity contribution in [1.29, 1.82) is 0 Å². The molecule has 0 atom stereocenters. The van der Waals surface area contributed by atoms with Crippen molar-refractivity contribution in [2.75, 3.05) is 6.61 Å². The van der Waals surface area contributed by atoms with Crippen molar-refractivity contribution in [3.63, 3.8) is 0 Å². The van der Waals surface area contributed by atoms with Gasteiger partial charge in [0.05, 0.1) is 6.61 Å². The molecule has 0 aliphatic rings. The number of hydrogen-bond donors (Lipinski definition) is 0. The third kappa shape index (κ3) is 2.69. The Kier molecular flexibility index (Phi) is 4.77. The highest BCUT2D eigenvalue weighted by Crippen LogP contribution is 2.58. The average Bonchev–Trinajstić information content (AvgIpc) is 2.55. The van der Waals surface area contributed by atoms with Gasteiger partial charge in [0.25, 0.3) is 0 Å². The number of carbonyl (C=O) groups is 1. The average molecular weight is 324 g/mol. The zero-order valence-electron chi connectivity index (χ0n) is 11.9. The van der Waals surface area contributed by atoms with E-state index in [0.717, 1.165) is 0 Å². The van der Waals surface area contributed by atoms with Crippen LogP contribution < -0.4 is 10.6 Å². The highest BCUT2D eigenvalue weighted by Gasteiger charge is 2.59. The van der Waals surface area contributed by atoms with Crippen molar-refractivity contribution in [1.82, 2.24) is 0 Å². The molecule has 0 aromatic heterocycles. The highest BCUT2D eigenvalue weighted by atomic mass is 31.2. The summed E-state index contributed by atoms with van der Waals surface area (Å²) in [5.74, 6) is -1.77. The van der Waals surface area contributed by atoms with E-state index >= 15 is 0 Å². The van der Waals surface area contributed by atoms with E-state index in [-0.39, 0.29) is 17.2 Å². The van der Waals surface area contributed by atoms with Crippen LogP contribution in [-0.4, -0.2) is 18.2 Å². The summed E-state index contributed by atoms with van der Waals surface area (Å²) in [7, 11) is -4.52. The molecule has 0 heterocycles. The predicted molar refractivity (Wildman–Crippen MR) is 81.3 cm³/mol. The zero-order valence-corrected chi connectivity index (χ0v) is 12.8. The van der Waals surface area contributed by atoms with Gasteiger partial charge in [-0.15, -0.1) is 0 Å². The minimum absolute atomic E-state index is 0.0840. The van der Waals surface area contributed by atoms with E-state index in [9.17, 15) is 18.1 Å². The first-order valence-electron chi connectivity index (χ1n) is 6.71. The Morgan fingerprint density at radius 3 is 1.77 bits per heavy atom. The molecular formula is C16H15F2O3P. The second-order valence-corrected chi connectivity index (χ2v) is 7.36. The van der Waals surface area contributed by atoms with Crippen LogP contribution in [0, 0.1) is 0 Å². The number of benzene rings is 2. The third-order valence-electron chi connectivity index (χ3n) is 3.16. The number of hydrogen-bond acceptors (Lipinski definition) is 3. The minimum Gasteiger partial charge on any atom is -0.461 e. The lowest BCUT2D eigenvalue weighted by molar-refractivity contribution is -0.160. The molecule has 0 radical (unpaired) electrons. The van der Waals surface area contributed by atoms with Gasteiger partial charge in [-0.3, -0.25) is 0 Å². The van der Waals surface area contributed by atoms with Gasteiger partial charge < -0.3 is 9.30 Å². The molecule has 0 amide bonds. The normalized spacial score (nSPS) is 12.0. The van der Waals surface area contributed by atoms with Crippen molar-refractivity contribution >= 4 is 23.7 Å². The SMILES string of the molecule is CCOC(=O)C(F)(F)P(=O)(c1ccccc1)c1ccccc1. The van der Waals surface area contributed by atoms with Gasteiger partial charge in [0.1, 0.15) is 0 Å². The molecule has 0 bridgehead atoms. The topological polar surface area (TPSA) is 43.4 Å². The van der Waals surface area contributed by atoms with Gasteiger partial charge in [0, 0.05) is 10.6 Å². The number of alkyl halides is 2.